The Morgan fingerprint density at radius 3 is 2.48 bits per heavy atom. The molecule has 0 unspecified atom stereocenters. The maximum atomic E-state index is 12.6. The van der Waals surface area contributed by atoms with Gasteiger partial charge in [0.2, 0.25) is 0 Å². The molecule has 2 aromatic carbocycles. The molecule has 0 atom stereocenters. The van der Waals surface area contributed by atoms with Gasteiger partial charge in [-0.2, -0.15) is 0 Å². The molecule has 0 aliphatic rings. The predicted molar refractivity (Wildman–Crippen MR) is 106 cm³/mol. The molecule has 146 valence electrons. The molecule has 0 saturated carbocycles. The third-order valence-corrected chi connectivity index (χ3v) is 5.94. The van der Waals surface area contributed by atoms with Gasteiger partial charge in [-0.3, -0.25) is 4.79 Å². The monoisotopic (exact) mass is 389 g/mol. The van der Waals surface area contributed by atoms with E-state index >= 15 is 0 Å². The summed E-state index contributed by atoms with van der Waals surface area (Å²) in [5.41, 5.74) is 2.15. The first-order valence-electron chi connectivity index (χ1n) is 9.13. The van der Waals surface area contributed by atoms with Crippen molar-refractivity contribution in [1.29, 1.82) is 0 Å². The second-order valence-corrected chi connectivity index (χ2v) is 8.75. The number of rotatable bonds is 9. The van der Waals surface area contributed by atoms with Crippen molar-refractivity contribution in [2.24, 2.45) is 0 Å². The van der Waals surface area contributed by atoms with Crippen LogP contribution in [0.25, 0.3) is 0 Å². The smallest absolute Gasteiger partial charge is 0.252 e. The van der Waals surface area contributed by atoms with E-state index in [2.05, 4.69) is 5.32 Å². The topological polar surface area (TPSA) is 72.5 Å². The Labute approximate surface area is 161 Å². The summed E-state index contributed by atoms with van der Waals surface area (Å²) < 4.78 is 30.4. The number of benzene rings is 2. The van der Waals surface area contributed by atoms with E-state index < -0.39 is 15.7 Å². The summed E-state index contributed by atoms with van der Waals surface area (Å²) in [7, 11) is -3.47. The van der Waals surface area contributed by atoms with Gasteiger partial charge in [-0.05, 0) is 43.5 Å². The van der Waals surface area contributed by atoms with E-state index in [0.29, 0.717) is 19.6 Å². The van der Waals surface area contributed by atoms with Crippen molar-refractivity contribution in [2.45, 2.75) is 51.3 Å². The molecule has 27 heavy (non-hydrogen) atoms. The van der Waals surface area contributed by atoms with Crippen LogP contribution < -0.4 is 5.32 Å². The Balaban J connectivity index is 2.10. The highest BCUT2D eigenvalue weighted by atomic mass is 32.2. The molecule has 0 aromatic heterocycles. The van der Waals surface area contributed by atoms with Crippen molar-refractivity contribution in [3.8, 4) is 0 Å². The molecule has 0 bridgehead atoms. The van der Waals surface area contributed by atoms with Crippen LogP contribution in [0, 0.1) is 0 Å². The van der Waals surface area contributed by atoms with Gasteiger partial charge in [0.15, 0.2) is 9.84 Å². The lowest BCUT2D eigenvalue weighted by Gasteiger charge is -2.12. The van der Waals surface area contributed by atoms with E-state index in [-0.39, 0.29) is 22.3 Å². The highest BCUT2D eigenvalue weighted by molar-refractivity contribution is 7.91. The number of nitrogens with one attached hydrogen (secondary N) is 1. The number of hydrogen-bond donors (Lipinski definition) is 1. The van der Waals surface area contributed by atoms with Gasteiger partial charge in [0.25, 0.3) is 5.91 Å². The van der Waals surface area contributed by atoms with E-state index in [0.717, 1.165) is 11.1 Å². The van der Waals surface area contributed by atoms with Crippen molar-refractivity contribution in [3.05, 3.63) is 65.2 Å². The fraction of sp³-hybridized carbons (Fsp3) is 0.381. The highest BCUT2D eigenvalue weighted by Crippen LogP contribution is 2.18. The molecule has 6 heteroatoms. The zero-order valence-corrected chi connectivity index (χ0v) is 16.9. The molecule has 2 aromatic rings. The minimum Gasteiger partial charge on any atom is -0.374 e. The number of ether oxygens (including phenoxy) is 1. The number of carbonyl (C=O) groups excluding carboxylic acids is 1. The second-order valence-electron chi connectivity index (χ2n) is 6.68. The molecule has 1 N–H and O–H groups in total. The largest absolute Gasteiger partial charge is 0.374 e. The summed E-state index contributed by atoms with van der Waals surface area (Å²) >= 11 is 0. The molecule has 5 nitrogen and oxygen atoms in total. The Bertz CT molecular complexity index is 875. The quantitative estimate of drug-likeness (QED) is 0.709. The van der Waals surface area contributed by atoms with Crippen LogP contribution in [0.1, 0.15) is 48.7 Å². The first-order valence-corrected chi connectivity index (χ1v) is 10.8. The second kappa shape index (κ2) is 9.67. The van der Waals surface area contributed by atoms with Crippen LogP contribution in [0.3, 0.4) is 0 Å². The molecule has 2 rings (SSSR count). The summed E-state index contributed by atoms with van der Waals surface area (Å²) in [5.74, 6) is -0.371. The average Bonchev–Trinajstić information content (AvgIpc) is 2.65. The van der Waals surface area contributed by atoms with Gasteiger partial charge in [0, 0.05) is 6.54 Å². The summed E-state index contributed by atoms with van der Waals surface area (Å²) in [6.07, 6.45) is 0.652. The minimum absolute atomic E-state index is 0.0230. The normalized spacial score (nSPS) is 11.6. The summed E-state index contributed by atoms with van der Waals surface area (Å²) in [6, 6.07) is 14.1. The molecule has 0 aliphatic heterocycles. The predicted octanol–water partition coefficient (Wildman–Crippen LogP) is 3.73. The third-order valence-electron chi connectivity index (χ3n) is 3.97. The molecular weight excluding hydrogens is 362 g/mol. The van der Waals surface area contributed by atoms with E-state index in [9.17, 15) is 13.2 Å². The van der Waals surface area contributed by atoms with Crippen LogP contribution in [0.4, 0.5) is 0 Å². The lowest BCUT2D eigenvalue weighted by atomic mass is 10.1. The average molecular weight is 390 g/mol. The molecule has 0 spiro atoms. The van der Waals surface area contributed by atoms with Crippen molar-refractivity contribution in [1.82, 2.24) is 5.32 Å². The number of sulfone groups is 1. The van der Waals surface area contributed by atoms with Gasteiger partial charge in [0.05, 0.1) is 28.9 Å². The first kappa shape index (κ1) is 21.1. The Hall–Kier alpha value is -2.18. The van der Waals surface area contributed by atoms with E-state index in [1.165, 1.54) is 6.07 Å². The molecule has 0 fully saturated rings. The summed E-state index contributed by atoms with van der Waals surface area (Å²) in [6.45, 7) is 6.59. The van der Waals surface area contributed by atoms with Crippen LogP contribution in [0.2, 0.25) is 0 Å². The third kappa shape index (κ3) is 6.19. The summed E-state index contributed by atoms with van der Waals surface area (Å²) in [4.78, 5) is 12.7. The summed E-state index contributed by atoms with van der Waals surface area (Å²) in [5, 5.41) is 2.82. The maximum Gasteiger partial charge on any atom is 0.252 e. The van der Waals surface area contributed by atoms with Gasteiger partial charge in [0.1, 0.15) is 0 Å². The number of hydrogen-bond acceptors (Lipinski definition) is 4. The van der Waals surface area contributed by atoms with Crippen molar-refractivity contribution < 1.29 is 17.9 Å². The Morgan fingerprint density at radius 1 is 1.07 bits per heavy atom. The van der Waals surface area contributed by atoms with Gasteiger partial charge in [-0.1, -0.05) is 43.3 Å². The first-order chi connectivity index (χ1) is 12.8. The van der Waals surface area contributed by atoms with Crippen LogP contribution in [0.5, 0.6) is 0 Å². The highest BCUT2D eigenvalue weighted by Gasteiger charge is 2.21. The zero-order chi connectivity index (χ0) is 19.9. The lowest BCUT2D eigenvalue weighted by Crippen LogP contribution is -2.25. The molecular formula is C21H27NO4S. The molecule has 0 radical (unpaired) electrons. The van der Waals surface area contributed by atoms with Gasteiger partial charge < -0.3 is 10.1 Å². The van der Waals surface area contributed by atoms with Crippen molar-refractivity contribution in [2.75, 3.05) is 5.75 Å². The van der Waals surface area contributed by atoms with Crippen LogP contribution >= 0.6 is 0 Å². The van der Waals surface area contributed by atoms with E-state index in [1.807, 2.05) is 38.1 Å². The molecule has 0 saturated heterocycles. The standard InChI is InChI=1S/C21H27NO4S/c1-4-12-27(24,25)20-11-6-5-10-19(20)21(23)22-14-17-8-7-9-18(13-17)15-26-16(2)3/h5-11,13,16H,4,12,14-15H2,1-3H3,(H,22,23). The van der Waals surface area contributed by atoms with Crippen molar-refractivity contribution >= 4 is 15.7 Å². The minimum atomic E-state index is -3.47. The fourth-order valence-corrected chi connectivity index (χ4v) is 4.21. The van der Waals surface area contributed by atoms with Crippen LogP contribution in [-0.2, 0) is 27.7 Å². The van der Waals surface area contributed by atoms with Gasteiger partial charge in [-0.25, -0.2) is 8.42 Å². The number of carbonyl (C=O) groups is 1. The Kier molecular flexibility index (Phi) is 7.56. The fourth-order valence-electron chi connectivity index (χ4n) is 2.67. The number of amides is 1. The van der Waals surface area contributed by atoms with E-state index in [1.54, 1.807) is 25.1 Å². The van der Waals surface area contributed by atoms with Crippen molar-refractivity contribution in [3.63, 3.8) is 0 Å². The zero-order valence-electron chi connectivity index (χ0n) is 16.1. The lowest BCUT2D eigenvalue weighted by molar-refractivity contribution is 0.0657. The Morgan fingerprint density at radius 2 is 1.78 bits per heavy atom. The molecule has 0 aliphatic carbocycles. The molecule has 1 amide bonds. The SMILES string of the molecule is CCCS(=O)(=O)c1ccccc1C(=O)NCc1cccc(COC(C)C)c1. The maximum absolute atomic E-state index is 12.6. The van der Waals surface area contributed by atoms with Crippen LogP contribution in [-0.4, -0.2) is 26.2 Å². The van der Waals surface area contributed by atoms with Gasteiger partial charge in [-0.15, -0.1) is 0 Å². The van der Waals surface area contributed by atoms with Gasteiger partial charge >= 0.3 is 0 Å². The molecule has 0 heterocycles. The van der Waals surface area contributed by atoms with E-state index in [4.69, 9.17) is 4.74 Å². The van der Waals surface area contributed by atoms with Crippen LogP contribution in [0.15, 0.2) is 53.4 Å².